The van der Waals surface area contributed by atoms with Gasteiger partial charge in [0.2, 0.25) is 15.9 Å². The van der Waals surface area contributed by atoms with E-state index in [0.29, 0.717) is 5.02 Å². The number of carbonyl (C=O) groups excluding carboxylic acids is 1. The fourth-order valence-electron chi connectivity index (χ4n) is 2.38. The summed E-state index contributed by atoms with van der Waals surface area (Å²) in [6.07, 6.45) is 0. The molecular weight excluding hydrogens is 379 g/mol. The van der Waals surface area contributed by atoms with Crippen LogP contribution in [0.25, 0.3) is 0 Å². The molecule has 1 unspecified atom stereocenters. The van der Waals surface area contributed by atoms with Crippen molar-refractivity contribution in [1.82, 2.24) is 9.21 Å². The average Bonchev–Trinajstić information content (AvgIpc) is 2.60. The summed E-state index contributed by atoms with van der Waals surface area (Å²) in [6, 6.07) is 11.3. The highest BCUT2D eigenvalue weighted by molar-refractivity contribution is 7.89. The Morgan fingerprint density at radius 3 is 2.35 bits per heavy atom. The summed E-state index contributed by atoms with van der Waals surface area (Å²) >= 11 is 5.98. The van der Waals surface area contributed by atoms with Crippen LogP contribution in [0.5, 0.6) is 0 Å². The number of nitrogens with zero attached hydrogens (tertiary/aromatic N) is 2. The molecule has 0 aliphatic carbocycles. The van der Waals surface area contributed by atoms with E-state index in [2.05, 4.69) is 0 Å². The molecule has 8 heteroatoms. The van der Waals surface area contributed by atoms with Gasteiger partial charge in [-0.3, -0.25) is 4.79 Å². The molecule has 0 aliphatic heterocycles. The van der Waals surface area contributed by atoms with Crippen molar-refractivity contribution in [2.45, 2.75) is 17.9 Å². The fourth-order valence-corrected chi connectivity index (χ4v) is 3.70. The average molecular weight is 399 g/mol. The lowest BCUT2D eigenvalue weighted by molar-refractivity contribution is -0.131. The molecule has 1 amide bonds. The van der Waals surface area contributed by atoms with Gasteiger partial charge in [0.25, 0.3) is 0 Å². The molecule has 0 spiro atoms. The second-order valence-electron chi connectivity index (χ2n) is 5.95. The van der Waals surface area contributed by atoms with Crippen LogP contribution >= 0.6 is 11.6 Å². The van der Waals surface area contributed by atoms with Crippen LogP contribution in [0.3, 0.4) is 0 Å². The van der Waals surface area contributed by atoms with Crippen molar-refractivity contribution in [1.29, 1.82) is 0 Å². The van der Waals surface area contributed by atoms with E-state index < -0.39 is 15.8 Å². The first kappa shape index (κ1) is 20.4. The lowest BCUT2D eigenvalue weighted by Gasteiger charge is -2.27. The minimum absolute atomic E-state index is 0.0697. The summed E-state index contributed by atoms with van der Waals surface area (Å²) in [6.45, 7) is 1.50. The molecule has 0 radical (unpaired) electrons. The van der Waals surface area contributed by atoms with Gasteiger partial charge < -0.3 is 4.90 Å². The molecule has 0 aromatic heterocycles. The molecule has 5 nitrogen and oxygen atoms in total. The topological polar surface area (TPSA) is 57.7 Å². The number of hydrogen-bond acceptors (Lipinski definition) is 3. The number of amides is 1. The van der Waals surface area contributed by atoms with Gasteiger partial charge in [0.05, 0.1) is 17.5 Å². The second kappa shape index (κ2) is 8.16. The van der Waals surface area contributed by atoms with Gasteiger partial charge in [-0.2, -0.15) is 4.31 Å². The monoisotopic (exact) mass is 398 g/mol. The van der Waals surface area contributed by atoms with Crippen LogP contribution in [0, 0.1) is 5.82 Å². The summed E-state index contributed by atoms with van der Waals surface area (Å²) in [5.74, 6) is -0.900. The van der Waals surface area contributed by atoms with Crippen molar-refractivity contribution in [2.24, 2.45) is 0 Å². The molecule has 26 heavy (non-hydrogen) atoms. The maximum absolute atomic E-state index is 13.0. The van der Waals surface area contributed by atoms with Crippen molar-refractivity contribution in [3.05, 3.63) is 64.9 Å². The number of benzene rings is 2. The van der Waals surface area contributed by atoms with Crippen molar-refractivity contribution in [3.63, 3.8) is 0 Å². The Hall–Kier alpha value is -1.96. The van der Waals surface area contributed by atoms with E-state index in [1.165, 1.54) is 24.1 Å². The largest absolute Gasteiger partial charge is 0.338 e. The molecule has 140 valence electrons. The highest BCUT2D eigenvalue weighted by Crippen LogP contribution is 2.22. The highest BCUT2D eigenvalue weighted by Gasteiger charge is 2.26. The standard InChI is InChI=1S/C18H20ClFN2O3S/c1-13(14-5-4-6-15(19)11-14)22(3)18(23)12-21(2)26(24,25)17-9-7-16(20)8-10-17/h4-11,13H,12H2,1-3H3. The summed E-state index contributed by atoms with van der Waals surface area (Å²) in [7, 11) is -0.966. The first-order chi connectivity index (χ1) is 12.1. The third kappa shape index (κ3) is 4.60. The minimum atomic E-state index is -3.88. The van der Waals surface area contributed by atoms with Crippen LogP contribution in [0.1, 0.15) is 18.5 Å². The van der Waals surface area contributed by atoms with E-state index in [-0.39, 0.29) is 23.4 Å². The molecule has 0 fully saturated rings. The van der Waals surface area contributed by atoms with Gasteiger partial charge in [-0.05, 0) is 48.9 Å². The summed E-state index contributed by atoms with van der Waals surface area (Å²) in [5, 5.41) is 0.561. The summed E-state index contributed by atoms with van der Waals surface area (Å²) in [4.78, 5) is 13.9. The van der Waals surface area contributed by atoms with E-state index in [1.807, 2.05) is 13.0 Å². The Morgan fingerprint density at radius 1 is 1.15 bits per heavy atom. The third-order valence-corrected chi connectivity index (χ3v) is 6.24. The quantitative estimate of drug-likeness (QED) is 0.750. The normalized spacial score (nSPS) is 12.8. The molecule has 0 saturated carbocycles. The molecule has 0 aliphatic rings. The van der Waals surface area contributed by atoms with Gasteiger partial charge in [0.1, 0.15) is 5.82 Å². The predicted molar refractivity (Wildman–Crippen MR) is 98.9 cm³/mol. The number of sulfonamides is 1. The first-order valence-electron chi connectivity index (χ1n) is 7.86. The van der Waals surface area contributed by atoms with Gasteiger partial charge in [-0.25, -0.2) is 12.8 Å². The van der Waals surface area contributed by atoms with Crippen molar-refractivity contribution in [3.8, 4) is 0 Å². The van der Waals surface area contributed by atoms with Crippen LogP contribution in [0.2, 0.25) is 5.02 Å². The van der Waals surface area contributed by atoms with E-state index in [4.69, 9.17) is 11.6 Å². The van der Waals surface area contributed by atoms with Crippen LogP contribution in [-0.2, 0) is 14.8 Å². The Labute approximate surface area is 158 Å². The number of carbonyl (C=O) groups is 1. The predicted octanol–water partition coefficient (Wildman–Crippen LogP) is 3.32. The Balaban J connectivity index is 2.11. The first-order valence-corrected chi connectivity index (χ1v) is 9.67. The summed E-state index contributed by atoms with van der Waals surface area (Å²) in [5.41, 5.74) is 0.845. The van der Waals surface area contributed by atoms with Gasteiger partial charge >= 0.3 is 0 Å². The minimum Gasteiger partial charge on any atom is -0.338 e. The van der Waals surface area contributed by atoms with E-state index in [9.17, 15) is 17.6 Å². The molecule has 0 bridgehead atoms. The molecule has 0 N–H and O–H groups in total. The lowest BCUT2D eigenvalue weighted by atomic mass is 10.1. The van der Waals surface area contributed by atoms with Crippen molar-refractivity contribution < 1.29 is 17.6 Å². The number of likely N-dealkylation sites (N-methyl/N-ethyl adjacent to an activating group) is 2. The van der Waals surface area contributed by atoms with Crippen LogP contribution in [0.15, 0.2) is 53.4 Å². The van der Waals surface area contributed by atoms with E-state index >= 15 is 0 Å². The molecule has 2 rings (SSSR count). The van der Waals surface area contributed by atoms with Crippen molar-refractivity contribution in [2.75, 3.05) is 20.6 Å². The number of hydrogen-bond donors (Lipinski definition) is 0. The Bertz CT molecular complexity index is 888. The fraction of sp³-hybridized carbons (Fsp3) is 0.278. The Morgan fingerprint density at radius 2 is 1.77 bits per heavy atom. The van der Waals surface area contributed by atoms with Gasteiger partial charge in [-0.1, -0.05) is 23.7 Å². The second-order valence-corrected chi connectivity index (χ2v) is 8.43. The van der Waals surface area contributed by atoms with Crippen LogP contribution in [-0.4, -0.2) is 44.2 Å². The van der Waals surface area contributed by atoms with Gasteiger partial charge in [-0.15, -0.1) is 0 Å². The van der Waals surface area contributed by atoms with Crippen molar-refractivity contribution >= 4 is 27.5 Å². The zero-order chi connectivity index (χ0) is 19.5. The van der Waals surface area contributed by atoms with E-state index in [0.717, 1.165) is 22.0 Å². The SMILES string of the molecule is CC(c1cccc(Cl)c1)N(C)C(=O)CN(C)S(=O)(=O)c1ccc(F)cc1. The zero-order valence-electron chi connectivity index (χ0n) is 14.7. The molecular formula is C18H20ClFN2O3S. The smallest absolute Gasteiger partial charge is 0.243 e. The molecule has 0 saturated heterocycles. The zero-order valence-corrected chi connectivity index (χ0v) is 16.3. The van der Waals surface area contributed by atoms with Crippen LogP contribution in [0.4, 0.5) is 4.39 Å². The highest BCUT2D eigenvalue weighted by atomic mass is 35.5. The number of rotatable bonds is 6. The van der Waals surface area contributed by atoms with Gasteiger partial charge in [0.15, 0.2) is 0 Å². The maximum Gasteiger partial charge on any atom is 0.243 e. The molecule has 2 aromatic rings. The molecule has 0 heterocycles. The molecule has 2 aromatic carbocycles. The number of halogens is 2. The lowest BCUT2D eigenvalue weighted by Crippen LogP contribution is -2.40. The van der Waals surface area contributed by atoms with Crippen LogP contribution < -0.4 is 0 Å². The Kier molecular flexibility index (Phi) is 6.39. The third-order valence-electron chi connectivity index (χ3n) is 4.19. The summed E-state index contributed by atoms with van der Waals surface area (Å²) < 4.78 is 38.9. The maximum atomic E-state index is 13.0. The van der Waals surface area contributed by atoms with E-state index in [1.54, 1.807) is 25.2 Å². The molecule has 1 atom stereocenters. The van der Waals surface area contributed by atoms with Gasteiger partial charge in [0, 0.05) is 19.1 Å².